The molecule has 0 amide bonds. The van der Waals surface area contributed by atoms with Crippen molar-refractivity contribution in [2.75, 3.05) is 46.4 Å². The fourth-order valence-electron chi connectivity index (χ4n) is 3.26. The van der Waals surface area contributed by atoms with Gasteiger partial charge in [-0.1, -0.05) is 5.16 Å². The van der Waals surface area contributed by atoms with Crippen LogP contribution < -0.4 is 0 Å². The molecular formula is C20H27N3O5. The van der Waals surface area contributed by atoms with Crippen LogP contribution in [0.25, 0.3) is 11.3 Å². The molecule has 1 aliphatic heterocycles. The molecule has 8 heteroatoms. The van der Waals surface area contributed by atoms with Crippen LogP contribution in [0.15, 0.2) is 34.9 Å². The standard InChI is InChI=1S/C20H27N3O5/c1-3-27-20(26)16(13-23-10-8-22(2)9-11-23)19(25)18-12-17(21-28-18)14-4-6-15(24)7-5-14/h4-7,12,16,19,24-25H,3,8-11,13H2,1-2H3. The van der Waals surface area contributed by atoms with Gasteiger partial charge in [0.2, 0.25) is 0 Å². The second kappa shape index (κ2) is 9.18. The van der Waals surface area contributed by atoms with E-state index in [9.17, 15) is 15.0 Å². The average Bonchev–Trinajstić information content (AvgIpc) is 3.18. The van der Waals surface area contributed by atoms with E-state index in [1.807, 2.05) is 0 Å². The molecule has 1 saturated heterocycles. The van der Waals surface area contributed by atoms with Gasteiger partial charge in [-0.15, -0.1) is 0 Å². The smallest absolute Gasteiger partial charge is 0.313 e. The summed E-state index contributed by atoms with van der Waals surface area (Å²) >= 11 is 0. The number of carbonyl (C=O) groups is 1. The number of hydrogen-bond donors (Lipinski definition) is 2. The predicted molar refractivity (Wildman–Crippen MR) is 103 cm³/mol. The monoisotopic (exact) mass is 389 g/mol. The molecule has 2 unspecified atom stereocenters. The Labute approximate surface area is 164 Å². The van der Waals surface area contributed by atoms with Gasteiger partial charge in [0, 0.05) is 44.4 Å². The molecule has 2 N–H and O–H groups in total. The number of hydrogen-bond acceptors (Lipinski definition) is 8. The minimum Gasteiger partial charge on any atom is -0.508 e. The third kappa shape index (κ3) is 4.89. The predicted octanol–water partition coefficient (Wildman–Crippen LogP) is 1.51. The molecule has 0 bridgehead atoms. The summed E-state index contributed by atoms with van der Waals surface area (Å²) in [6.07, 6.45) is -1.16. The summed E-state index contributed by atoms with van der Waals surface area (Å²) in [4.78, 5) is 16.9. The third-order valence-corrected chi connectivity index (χ3v) is 5.00. The highest BCUT2D eigenvalue weighted by molar-refractivity contribution is 5.73. The van der Waals surface area contributed by atoms with Crippen molar-refractivity contribution in [3.63, 3.8) is 0 Å². The summed E-state index contributed by atoms with van der Waals surface area (Å²) in [5.74, 6) is -0.835. The number of phenolic OH excluding ortho intramolecular Hbond substituents is 1. The highest BCUT2D eigenvalue weighted by Crippen LogP contribution is 2.29. The number of rotatable bonds is 7. The van der Waals surface area contributed by atoms with Crippen LogP contribution in [0.4, 0.5) is 0 Å². The largest absolute Gasteiger partial charge is 0.508 e. The van der Waals surface area contributed by atoms with Crippen LogP contribution in [0, 0.1) is 5.92 Å². The number of piperazine rings is 1. The van der Waals surface area contributed by atoms with E-state index in [0.29, 0.717) is 12.2 Å². The van der Waals surface area contributed by atoms with Crippen molar-refractivity contribution in [3.8, 4) is 17.0 Å². The maximum atomic E-state index is 12.5. The minimum absolute atomic E-state index is 0.155. The van der Waals surface area contributed by atoms with Crippen LogP contribution >= 0.6 is 0 Å². The van der Waals surface area contributed by atoms with Crippen LogP contribution in [0.1, 0.15) is 18.8 Å². The van der Waals surface area contributed by atoms with Gasteiger partial charge < -0.3 is 24.4 Å². The molecule has 1 aromatic heterocycles. The number of aliphatic hydroxyl groups is 1. The Kier molecular flexibility index (Phi) is 6.66. The molecule has 1 aliphatic rings. The molecule has 152 valence electrons. The quantitative estimate of drug-likeness (QED) is 0.688. The summed E-state index contributed by atoms with van der Waals surface area (Å²) in [6.45, 7) is 5.87. The molecule has 2 heterocycles. The molecule has 2 aromatic rings. The number of phenols is 1. The molecule has 1 aromatic carbocycles. The molecule has 8 nitrogen and oxygen atoms in total. The Bertz CT molecular complexity index is 768. The van der Waals surface area contributed by atoms with Gasteiger partial charge in [-0.25, -0.2) is 0 Å². The summed E-state index contributed by atoms with van der Waals surface area (Å²) in [7, 11) is 2.06. The van der Waals surface area contributed by atoms with Crippen LogP contribution in [0.2, 0.25) is 0 Å². The summed E-state index contributed by atoms with van der Waals surface area (Å²) in [5, 5.41) is 24.3. The third-order valence-electron chi connectivity index (χ3n) is 5.00. The first-order valence-corrected chi connectivity index (χ1v) is 9.49. The van der Waals surface area contributed by atoms with Gasteiger partial charge in [0.25, 0.3) is 0 Å². The van der Waals surface area contributed by atoms with Crippen LogP contribution in [-0.2, 0) is 9.53 Å². The van der Waals surface area contributed by atoms with Gasteiger partial charge in [0.15, 0.2) is 5.76 Å². The second-order valence-corrected chi connectivity index (χ2v) is 7.07. The fraction of sp³-hybridized carbons (Fsp3) is 0.500. The van der Waals surface area contributed by atoms with Gasteiger partial charge in [-0.2, -0.15) is 0 Å². The number of nitrogens with zero attached hydrogens (tertiary/aromatic N) is 3. The van der Waals surface area contributed by atoms with Crippen LogP contribution in [0.3, 0.4) is 0 Å². The lowest BCUT2D eigenvalue weighted by Crippen LogP contribution is -2.48. The molecule has 0 spiro atoms. The number of aliphatic hydroxyl groups excluding tert-OH is 1. The first-order valence-electron chi connectivity index (χ1n) is 9.49. The summed E-state index contributed by atoms with van der Waals surface area (Å²) < 4.78 is 10.5. The van der Waals surface area contributed by atoms with E-state index in [0.717, 1.165) is 31.7 Å². The van der Waals surface area contributed by atoms with Crippen molar-refractivity contribution in [3.05, 3.63) is 36.1 Å². The Morgan fingerprint density at radius 1 is 1.25 bits per heavy atom. The van der Waals surface area contributed by atoms with Gasteiger partial charge >= 0.3 is 5.97 Å². The zero-order valence-corrected chi connectivity index (χ0v) is 16.2. The van der Waals surface area contributed by atoms with Crippen molar-refractivity contribution < 1.29 is 24.3 Å². The first kappa shape index (κ1) is 20.3. The van der Waals surface area contributed by atoms with E-state index in [1.54, 1.807) is 37.3 Å². The van der Waals surface area contributed by atoms with Crippen molar-refractivity contribution in [2.24, 2.45) is 5.92 Å². The highest BCUT2D eigenvalue weighted by atomic mass is 16.5. The van der Waals surface area contributed by atoms with Crippen molar-refractivity contribution in [1.82, 2.24) is 15.0 Å². The lowest BCUT2D eigenvalue weighted by molar-refractivity contribution is -0.154. The SMILES string of the molecule is CCOC(=O)C(CN1CCN(C)CC1)C(O)c1cc(-c2ccc(O)cc2)no1. The van der Waals surface area contributed by atoms with E-state index in [2.05, 4.69) is 22.0 Å². The minimum atomic E-state index is -1.16. The van der Waals surface area contributed by atoms with Crippen molar-refractivity contribution in [1.29, 1.82) is 0 Å². The number of esters is 1. The molecule has 3 rings (SSSR count). The molecule has 0 radical (unpaired) electrons. The van der Waals surface area contributed by atoms with E-state index >= 15 is 0 Å². The maximum Gasteiger partial charge on any atom is 0.313 e. The summed E-state index contributed by atoms with van der Waals surface area (Å²) in [6, 6.07) is 8.13. The Hall–Kier alpha value is -2.42. The van der Waals surface area contributed by atoms with Crippen LogP contribution in [0.5, 0.6) is 5.75 Å². The van der Waals surface area contributed by atoms with Gasteiger partial charge in [0.1, 0.15) is 23.5 Å². The molecule has 1 fully saturated rings. The number of likely N-dealkylation sites (N-methyl/N-ethyl adjacent to an activating group) is 1. The highest BCUT2D eigenvalue weighted by Gasteiger charge is 2.34. The molecular weight excluding hydrogens is 362 g/mol. The summed E-state index contributed by atoms with van der Waals surface area (Å²) in [5.41, 5.74) is 1.27. The zero-order chi connectivity index (χ0) is 20.1. The van der Waals surface area contributed by atoms with E-state index in [-0.39, 0.29) is 18.1 Å². The fourth-order valence-corrected chi connectivity index (χ4v) is 3.26. The molecule has 2 atom stereocenters. The number of ether oxygens (including phenoxy) is 1. The van der Waals surface area contributed by atoms with Crippen molar-refractivity contribution >= 4 is 5.97 Å². The van der Waals surface area contributed by atoms with E-state index in [4.69, 9.17) is 9.26 Å². The maximum absolute atomic E-state index is 12.5. The van der Waals surface area contributed by atoms with E-state index < -0.39 is 18.0 Å². The van der Waals surface area contributed by atoms with Crippen LogP contribution in [-0.4, -0.2) is 77.5 Å². The lowest BCUT2D eigenvalue weighted by atomic mass is 9.98. The zero-order valence-electron chi connectivity index (χ0n) is 16.2. The van der Waals surface area contributed by atoms with Gasteiger partial charge in [0.05, 0.1) is 6.61 Å². The Morgan fingerprint density at radius 3 is 2.57 bits per heavy atom. The van der Waals surface area contributed by atoms with E-state index in [1.165, 1.54) is 0 Å². The molecule has 28 heavy (non-hydrogen) atoms. The first-order chi connectivity index (χ1) is 13.5. The topological polar surface area (TPSA) is 99.3 Å². The average molecular weight is 389 g/mol. The normalized spacial score (nSPS) is 18.0. The molecule has 0 saturated carbocycles. The van der Waals surface area contributed by atoms with Crippen molar-refractivity contribution in [2.45, 2.75) is 13.0 Å². The number of benzene rings is 1. The number of aromatic nitrogens is 1. The Morgan fingerprint density at radius 2 is 1.93 bits per heavy atom. The van der Waals surface area contributed by atoms with Gasteiger partial charge in [-0.3, -0.25) is 9.69 Å². The lowest BCUT2D eigenvalue weighted by Gasteiger charge is -2.34. The number of aromatic hydroxyl groups is 1. The Balaban J connectivity index is 1.75. The van der Waals surface area contributed by atoms with Gasteiger partial charge in [-0.05, 0) is 38.2 Å². The second-order valence-electron chi connectivity index (χ2n) is 7.07. The number of carbonyl (C=O) groups excluding carboxylic acids is 1. The molecule has 0 aliphatic carbocycles.